The van der Waals surface area contributed by atoms with Crippen molar-refractivity contribution in [2.45, 2.75) is 0 Å². The molecule has 9 aromatic rings. The summed E-state index contributed by atoms with van der Waals surface area (Å²) >= 11 is 0. The highest BCUT2D eigenvalue weighted by molar-refractivity contribution is 6.03. The summed E-state index contributed by atoms with van der Waals surface area (Å²) in [4.78, 5) is 2.46. The Kier molecular flexibility index (Phi) is 7.22. The van der Waals surface area contributed by atoms with Gasteiger partial charge >= 0.3 is 0 Å². The van der Waals surface area contributed by atoms with E-state index in [4.69, 9.17) is 0 Å². The van der Waals surface area contributed by atoms with Gasteiger partial charge in [0.05, 0.1) is 11.4 Å². The molecule has 0 unspecified atom stereocenters. The molecule has 0 spiro atoms. The number of fused-ring (bicyclic) bond motifs is 3. The summed E-state index contributed by atoms with van der Waals surface area (Å²) in [5.41, 5.74) is 10.5. The molecule has 49 heavy (non-hydrogen) atoms. The van der Waals surface area contributed by atoms with E-state index >= 15 is 0 Å². The molecular formula is C48H33N. The highest BCUT2D eigenvalue weighted by Crippen LogP contribution is 2.46. The van der Waals surface area contributed by atoms with E-state index in [2.05, 4.69) is 205 Å². The lowest BCUT2D eigenvalue weighted by atomic mass is 9.93. The van der Waals surface area contributed by atoms with E-state index in [0.717, 1.165) is 17.1 Å². The summed E-state index contributed by atoms with van der Waals surface area (Å²) in [5.74, 6) is 0. The molecule has 0 amide bonds. The number of anilines is 3. The number of nitrogens with zero attached hydrogens (tertiary/aromatic N) is 1. The third-order valence-electron chi connectivity index (χ3n) is 9.62. The van der Waals surface area contributed by atoms with Gasteiger partial charge in [0.1, 0.15) is 0 Å². The van der Waals surface area contributed by atoms with Crippen LogP contribution in [0, 0.1) is 0 Å². The van der Waals surface area contributed by atoms with Crippen molar-refractivity contribution in [3.8, 4) is 33.4 Å². The van der Waals surface area contributed by atoms with Crippen molar-refractivity contribution in [1.82, 2.24) is 0 Å². The molecule has 0 aliphatic rings. The lowest BCUT2D eigenvalue weighted by Crippen LogP contribution is -2.12. The molecule has 0 bridgehead atoms. The van der Waals surface area contributed by atoms with Crippen LogP contribution >= 0.6 is 0 Å². The zero-order chi connectivity index (χ0) is 32.6. The van der Waals surface area contributed by atoms with Gasteiger partial charge in [0.15, 0.2) is 0 Å². The molecule has 0 aromatic heterocycles. The standard InChI is InChI=1S/C48H33N/c1-2-14-36(15-3-1)46-30-29-41(44-25-11-19-35-16-6-8-23-43(35)44)33-48(46)49(47-26-12-20-37-17-7-9-24-45(37)47)42-22-10-21-39(32-42)40-28-27-34-13-4-5-18-38(34)31-40/h1-33H. The molecule has 0 radical (unpaired) electrons. The Morgan fingerprint density at radius 1 is 0.265 bits per heavy atom. The van der Waals surface area contributed by atoms with Crippen LogP contribution in [-0.2, 0) is 0 Å². The first-order valence-corrected chi connectivity index (χ1v) is 16.8. The maximum absolute atomic E-state index is 2.46. The molecule has 0 N–H and O–H groups in total. The van der Waals surface area contributed by atoms with Gasteiger partial charge < -0.3 is 4.90 Å². The first kappa shape index (κ1) is 28.8. The van der Waals surface area contributed by atoms with Gasteiger partial charge in [-0.15, -0.1) is 0 Å². The van der Waals surface area contributed by atoms with Crippen LogP contribution in [-0.4, -0.2) is 0 Å². The van der Waals surface area contributed by atoms with Crippen molar-refractivity contribution >= 4 is 49.4 Å². The minimum Gasteiger partial charge on any atom is -0.309 e. The van der Waals surface area contributed by atoms with Crippen LogP contribution in [0.1, 0.15) is 0 Å². The summed E-state index contributed by atoms with van der Waals surface area (Å²) in [6.45, 7) is 0. The van der Waals surface area contributed by atoms with Crippen molar-refractivity contribution < 1.29 is 0 Å². The predicted octanol–water partition coefficient (Wildman–Crippen LogP) is 13.6. The Morgan fingerprint density at radius 2 is 0.857 bits per heavy atom. The SMILES string of the molecule is c1ccc(-c2ccc(-c3cccc4ccccc34)cc2N(c2cccc(-c3ccc4ccccc4c3)c2)c2cccc3ccccc23)cc1. The molecule has 1 heteroatoms. The zero-order valence-electron chi connectivity index (χ0n) is 27.0. The van der Waals surface area contributed by atoms with Crippen LogP contribution in [0.4, 0.5) is 17.1 Å². The molecular weight excluding hydrogens is 591 g/mol. The van der Waals surface area contributed by atoms with E-state index < -0.39 is 0 Å². The van der Waals surface area contributed by atoms with Crippen molar-refractivity contribution in [3.05, 3.63) is 200 Å². The molecule has 0 fully saturated rings. The Balaban J connectivity index is 1.32. The predicted molar refractivity (Wildman–Crippen MR) is 210 cm³/mol. The number of hydrogen-bond acceptors (Lipinski definition) is 1. The highest BCUT2D eigenvalue weighted by atomic mass is 15.1. The number of hydrogen-bond donors (Lipinski definition) is 0. The summed E-state index contributed by atoms with van der Waals surface area (Å²) < 4.78 is 0. The van der Waals surface area contributed by atoms with E-state index in [1.807, 2.05) is 0 Å². The maximum Gasteiger partial charge on any atom is 0.0546 e. The quantitative estimate of drug-likeness (QED) is 0.178. The average molecular weight is 624 g/mol. The Morgan fingerprint density at radius 3 is 1.69 bits per heavy atom. The Hall–Kier alpha value is -6.44. The van der Waals surface area contributed by atoms with Gasteiger partial charge in [-0.05, 0) is 85.1 Å². The van der Waals surface area contributed by atoms with E-state index in [-0.39, 0.29) is 0 Å². The van der Waals surface area contributed by atoms with Crippen LogP contribution in [0.2, 0.25) is 0 Å². The molecule has 9 aromatic carbocycles. The first-order valence-electron chi connectivity index (χ1n) is 16.8. The second-order valence-electron chi connectivity index (χ2n) is 12.6. The second-order valence-corrected chi connectivity index (χ2v) is 12.6. The molecule has 230 valence electrons. The monoisotopic (exact) mass is 623 g/mol. The van der Waals surface area contributed by atoms with Crippen LogP contribution < -0.4 is 4.90 Å². The summed E-state index contributed by atoms with van der Waals surface area (Å²) in [7, 11) is 0. The highest BCUT2D eigenvalue weighted by Gasteiger charge is 2.21. The van der Waals surface area contributed by atoms with E-state index in [0.29, 0.717) is 0 Å². The summed E-state index contributed by atoms with van der Waals surface area (Å²) in [6.07, 6.45) is 0. The van der Waals surface area contributed by atoms with Crippen LogP contribution in [0.5, 0.6) is 0 Å². The van der Waals surface area contributed by atoms with Crippen molar-refractivity contribution in [3.63, 3.8) is 0 Å². The molecule has 0 saturated heterocycles. The van der Waals surface area contributed by atoms with Gasteiger partial charge in [-0.2, -0.15) is 0 Å². The third kappa shape index (κ3) is 5.32. The first-order chi connectivity index (χ1) is 24.3. The largest absolute Gasteiger partial charge is 0.309 e. The normalized spacial score (nSPS) is 11.3. The van der Waals surface area contributed by atoms with Crippen molar-refractivity contribution in [2.75, 3.05) is 4.90 Å². The van der Waals surface area contributed by atoms with Gasteiger partial charge in [0.25, 0.3) is 0 Å². The molecule has 0 saturated carbocycles. The minimum atomic E-state index is 1.11. The molecule has 0 heterocycles. The zero-order valence-corrected chi connectivity index (χ0v) is 27.0. The van der Waals surface area contributed by atoms with Gasteiger partial charge in [-0.25, -0.2) is 0 Å². The van der Waals surface area contributed by atoms with Crippen LogP contribution in [0.15, 0.2) is 200 Å². The second kappa shape index (κ2) is 12.3. The summed E-state index contributed by atoms with van der Waals surface area (Å²) in [5, 5.41) is 7.39. The Bertz CT molecular complexity index is 2610. The minimum absolute atomic E-state index is 1.11. The maximum atomic E-state index is 2.46. The van der Waals surface area contributed by atoms with Gasteiger partial charge in [0.2, 0.25) is 0 Å². The van der Waals surface area contributed by atoms with Gasteiger partial charge in [0, 0.05) is 16.6 Å². The number of rotatable bonds is 6. The fourth-order valence-electron chi connectivity index (χ4n) is 7.23. The third-order valence-corrected chi connectivity index (χ3v) is 9.62. The smallest absolute Gasteiger partial charge is 0.0546 e. The molecule has 9 rings (SSSR count). The van der Waals surface area contributed by atoms with E-state index in [9.17, 15) is 0 Å². The van der Waals surface area contributed by atoms with E-state index in [1.54, 1.807) is 0 Å². The van der Waals surface area contributed by atoms with Gasteiger partial charge in [-0.1, -0.05) is 170 Å². The van der Waals surface area contributed by atoms with Crippen molar-refractivity contribution in [2.24, 2.45) is 0 Å². The van der Waals surface area contributed by atoms with Gasteiger partial charge in [-0.3, -0.25) is 0 Å². The molecule has 0 atom stereocenters. The number of benzene rings is 9. The summed E-state index contributed by atoms with van der Waals surface area (Å²) in [6, 6.07) is 72.6. The fourth-order valence-corrected chi connectivity index (χ4v) is 7.23. The average Bonchev–Trinajstić information content (AvgIpc) is 3.18. The molecule has 0 aliphatic carbocycles. The Labute approximate surface area is 287 Å². The lowest BCUT2D eigenvalue weighted by Gasteiger charge is -2.30. The van der Waals surface area contributed by atoms with E-state index in [1.165, 1.54) is 65.7 Å². The van der Waals surface area contributed by atoms with Crippen LogP contribution in [0.3, 0.4) is 0 Å². The molecule has 0 aliphatic heterocycles. The van der Waals surface area contributed by atoms with Crippen LogP contribution in [0.25, 0.3) is 65.7 Å². The lowest BCUT2D eigenvalue weighted by molar-refractivity contribution is 1.30. The molecule has 1 nitrogen and oxygen atoms in total. The fraction of sp³-hybridized carbons (Fsp3) is 0. The topological polar surface area (TPSA) is 3.24 Å². The van der Waals surface area contributed by atoms with Crippen molar-refractivity contribution in [1.29, 1.82) is 0 Å².